The summed E-state index contributed by atoms with van der Waals surface area (Å²) in [6, 6.07) is 11.3. The number of rotatable bonds is 5. The van der Waals surface area contributed by atoms with Crippen LogP contribution in [0.3, 0.4) is 0 Å². The van der Waals surface area contributed by atoms with E-state index in [9.17, 15) is 22.8 Å². The number of halogens is 3. The highest BCUT2D eigenvalue weighted by molar-refractivity contribution is 7.11. The molecule has 0 unspecified atom stereocenters. The summed E-state index contributed by atoms with van der Waals surface area (Å²) < 4.78 is 44.2. The highest BCUT2D eigenvalue weighted by Crippen LogP contribution is 2.33. The van der Waals surface area contributed by atoms with E-state index in [0.29, 0.717) is 42.5 Å². The Morgan fingerprint density at radius 2 is 1.64 bits per heavy atom. The molecule has 0 atom stereocenters. The van der Waals surface area contributed by atoms with Gasteiger partial charge >= 0.3 is 6.18 Å². The summed E-state index contributed by atoms with van der Waals surface area (Å²) in [7, 11) is 0. The molecule has 0 N–H and O–H groups in total. The Morgan fingerprint density at radius 3 is 2.28 bits per heavy atom. The SMILES string of the molecule is O=C(c1ccc(Oc2cccc(C(F)(F)F)c2)cc1)N1CC(N2CCN(C(=O)c3nccs3)CC2)C1. The van der Waals surface area contributed by atoms with Crippen LogP contribution in [0.25, 0.3) is 0 Å². The standard InChI is InChI=1S/C25H23F3N4O3S/c26-25(27,28)18-2-1-3-21(14-18)35-20-6-4-17(5-7-20)23(33)32-15-19(16-32)30-9-11-31(12-10-30)24(34)22-29-8-13-36-22/h1-8,13-14,19H,9-12,15-16H2. The van der Waals surface area contributed by atoms with Gasteiger partial charge in [-0.15, -0.1) is 11.3 Å². The fourth-order valence-electron chi connectivity index (χ4n) is 4.33. The molecule has 0 bridgehead atoms. The minimum Gasteiger partial charge on any atom is -0.457 e. The monoisotopic (exact) mass is 516 g/mol. The number of alkyl halides is 3. The van der Waals surface area contributed by atoms with Crippen LogP contribution >= 0.6 is 11.3 Å². The molecule has 2 aliphatic rings. The van der Waals surface area contributed by atoms with E-state index in [1.165, 1.54) is 23.5 Å². The van der Waals surface area contributed by atoms with E-state index in [1.54, 1.807) is 40.7 Å². The summed E-state index contributed by atoms with van der Waals surface area (Å²) in [5.41, 5.74) is -0.296. The van der Waals surface area contributed by atoms with Crippen molar-refractivity contribution < 1.29 is 27.5 Å². The van der Waals surface area contributed by atoms with Gasteiger partial charge in [-0.1, -0.05) is 6.07 Å². The minimum atomic E-state index is -4.45. The first-order chi connectivity index (χ1) is 17.3. The molecule has 0 radical (unpaired) electrons. The summed E-state index contributed by atoms with van der Waals surface area (Å²) in [6.45, 7) is 4.01. The van der Waals surface area contributed by atoms with Crippen molar-refractivity contribution in [1.29, 1.82) is 0 Å². The number of amides is 2. The van der Waals surface area contributed by atoms with Crippen molar-refractivity contribution in [3.05, 3.63) is 76.2 Å². The van der Waals surface area contributed by atoms with Crippen LogP contribution in [0, 0.1) is 0 Å². The van der Waals surface area contributed by atoms with Crippen LogP contribution < -0.4 is 4.74 Å². The Hall–Kier alpha value is -3.44. The highest BCUT2D eigenvalue weighted by atomic mass is 32.1. The largest absolute Gasteiger partial charge is 0.457 e. The number of thiazole rings is 1. The van der Waals surface area contributed by atoms with E-state index < -0.39 is 11.7 Å². The lowest BCUT2D eigenvalue weighted by Gasteiger charge is -2.48. The Balaban J connectivity index is 1.10. The molecular weight excluding hydrogens is 493 g/mol. The van der Waals surface area contributed by atoms with Gasteiger partial charge < -0.3 is 14.5 Å². The lowest BCUT2D eigenvalue weighted by Crippen LogP contribution is -2.64. The Bertz CT molecular complexity index is 1220. The summed E-state index contributed by atoms with van der Waals surface area (Å²) in [5, 5.41) is 2.30. The molecule has 2 saturated heterocycles. The second-order valence-corrected chi connectivity index (χ2v) is 9.58. The molecule has 2 amide bonds. The lowest BCUT2D eigenvalue weighted by molar-refractivity contribution is -0.137. The maximum atomic E-state index is 12.9. The zero-order valence-electron chi connectivity index (χ0n) is 19.1. The second kappa shape index (κ2) is 9.90. The smallest absolute Gasteiger partial charge is 0.416 e. The normalized spacial score (nSPS) is 17.1. The number of hydrogen-bond acceptors (Lipinski definition) is 6. The maximum Gasteiger partial charge on any atom is 0.416 e. The molecule has 3 heterocycles. The van der Waals surface area contributed by atoms with Crippen molar-refractivity contribution >= 4 is 23.2 Å². The summed E-state index contributed by atoms with van der Waals surface area (Å²) >= 11 is 1.34. The topological polar surface area (TPSA) is 66.0 Å². The van der Waals surface area contributed by atoms with Gasteiger partial charge in [0.2, 0.25) is 0 Å². The van der Waals surface area contributed by atoms with E-state index in [0.717, 1.165) is 25.2 Å². The van der Waals surface area contributed by atoms with Gasteiger partial charge in [-0.2, -0.15) is 13.2 Å². The third-order valence-corrected chi connectivity index (χ3v) is 7.14. The first-order valence-corrected chi connectivity index (χ1v) is 12.3. The van der Waals surface area contributed by atoms with Crippen molar-refractivity contribution in [2.75, 3.05) is 39.3 Å². The number of carbonyl (C=O) groups excluding carboxylic acids is 2. The number of piperazine rings is 1. The van der Waals surface area contributed by atoms with Crippen LogP contribution in [-0.4, -0.2) is 76.8 Å². The van der Waals surface area contributed by atoms with Crippen LogP contribution in [0.4, 0.5) is 13.2 Å². The molecule has 188 valence electrons. The van der Waals surface area contributed by atoms with Gasteiger partial charge in [0.05, 0.1) is 5.56 Å². The van der Waals surface area contributed by atoms with E-state index in [4.69, 9.17) is 4.74 Å². The van der Waals surface area contributed by atoms with Crippen molar-refractivity contribution in [3.8, 4) is 11.5 Å². The van der Waals surface area contributed by atoms with Gasteiger partial charge in [-0.25, -0.2) is 4.98 Å². The summed E-state index contributed by atoms with van der Waals surface area (Å²) in [4.78, 5) is 35.3. The first-order valence-electron chi connectivity index (χ1n) is 11.5. The molecule has 5 rings (SSSR count). The highest BCUT2D eigenvalue weighted by Gasteiger charge is 2.37. The molecular formula is C25H23F3N4O3S. The Kier molecular flexibility index (Phi) is 6.67. The number of ether oxygens (including phenoxy) is 1. The predicted molar refractivity (Wildman–Crippen MR) is 127 cm³/mol. The molecule has 0 spiro atoms. The Morgan fingerprint density at radius 1 is 0.917 bits per heavy atom. The Labute approximate surface area is 209 Å². The summed E-state index contributed by atoms with van der Waals surface area (Å²) in [6.07, 6.45) is -2.82. The third-order valence-electron chi connectivity index (χ3n) is 6.38. The average molecular weight is 517 g/mol. The number of likely N-dealkylation sites (tertiary alicyclic amines) is 1. The van der Waals surface area contributed by atoms with Gasteiger partial charge in [0, 0.05) is 62.5 Å². The van der Waals surface area contributed by atoms with E-state index in [2.05, 4.69) is 9.88 Å². The van der Waals surface area contributed by atoms with Crippen LogP contribution in [-0.2, 0) is 6.18 Å². The van der Waals surface area contributed by atoms with Crippen molar-refractivity contribution in [3.63, 3.8) is 0 Å². The second-order valence-electron chi connectivity index (χ2n) is 8.68. The fraction of sp³-hybridized carbons (Fsp3) is 0.320. The molecule has 2 fully saturated rings. The van der Waals surface area contributed by atoms with Crippen LogP contribution in [0.1, 0.15) is 25.7 Å². The van der Waals surface area contributed by atoms with Crippen molar-refractivity contribution in [2.24, 2.45) is 0 Å². The quantitative estimate of drug-likeness (QED) is 0.508. The third kappa shape index (κ3) is 5.21. The molecule has 0 saturated carbocycles. The molecule has 2 aliphatic heterocycles. The van der Waals surface area contributed by atoms with Gasteiger partial charge in [-0.3, -0.25) is 14.5 Å². The van der Waals surface area contributed by atoms with Gasteiger partial charge in [0.25, 0.3) is 11.8 Å². The fourth-order valence-corrected chi connectivity index (χ4v) is 4.93. The van der Waals surface area contributed by atoms with Gasteiger partial charge in [-0.05, 0) is 42.5 Å². The number of carbonyl (C=O) groups is 2. The van der Waals surface area contributed by atoms with Crippen LogP contribution in [0.5, 0.6) is 11.5 Å². The van der Waals surface area contributed by atoms with Gasteiger partial charge in [0.15, 0.2) is 5.01 Å². The number of nitrogens with zero attached hydrogens (tertiary/aromatic N) is 4. The van der Waals surface area contributed by atoms with Crippen molar-refractivity contribution in [2.45, 2.75) is 12.2 Å². The van der Waals surface area contributed by atoms with E-state index in [-0.39, 0.29) is 23.6 Å². The number of aromatic nitrogens is 1. The molecule has 1 aromatic heterocycles. The molecule has 0 aliphatic carbocycles. The number of hydrogen-bond donors (Lipinski definition) is 0. The number of benzene rings is 2. The van der Waals surface area contributed by atoms with Crippen molar-refractivity contribution in [1.82, 2.24) is 19.7 Å². The van der Waals surface area contributed by atoms with Gasteiger partial charge in [0.1, 0.15) is 11.5 Å². The lowest BCUT2D eigenvalue weighted by atomic mass is 10.0. The predicted octanol–water partition coefficient (Wildman–Crippen LogP) is 4.24. The van der Waals surface area contributed by atoms with E-state index in [1.807, 2.05) is 4.90 Å². The maximum absolute atomic E-state index is 12.9. The molecule has 2 aromatic carbocycles. The molecule has 36 heavy (non-hydrogen) atoms. The van der Waals surface area contributed by atoms with Crippen LogP contribution in [0.2, 0.25) is 0 Å². The zero-order valence-corrected chi connectivity index (χ0v) is 20.0. The molecule has 7 nitrogen and oxygen atoms in total. The van der Waals surface area contributed by atoms with E-state index >= 15 is 0 Å². The summed E-state index contributed by atoms with van der Waals surface area (Å²) in [5.74, 6) is 0.283. The molecule has 11 heteroatoms. The first kappa shape index (κ1) is 24.3. The zero-order chi connectivity index (χ0) is 25.3. The average Bonchev–Trinajstić information content (AvgIpc) is 3.38. The minimum absolute atomic E-state index is 0.0319. The molecule has 3 aromatic rings. The van der Waals surface area contributed by atoms with Crippen LogP contribution in [0.15, 0.2) is 60.1 Å².